The molecule has 1 aliphatic heterocycles. The first kappa shape index (κ1) is 15.0. The summed E-state index contributed by atoms with van der Waals surface area (Å²) in [4.78, 5) is 5.59. The number of nitrogens with zero attached hydrogens (tertiary/aromatic N) is 1. The van der Waals surface area contributed by atoms with Gasteiger partial charge in [0.1, 0.15) is 0 Å². The first-order chi connectivity index (χ1) is 8.86. The molecule has 3 atom stereocenters. The van der Waals surface area contributed by atoms with E-state index in [1.807, 2.05) is 11.3 Å². The Morgan fingerprint density at radius 3 is 2.74 bits per heavy atom. The third-order valence-electron chi connectivity index (χ3n) is 4.73. The van der Waals surface area contributed by atoms with Gasteiger partial charge in [-0.05, 0) is 52.7 Å². The van der Waals surface area contributed by atoms with Crippen LogP contribution in [-0.4, -0.2) is 29.6 Å². The molecule has 3 unspecified atom stereocenters. The summed E-state index contributed by atoms with van der Waals surface area (Å²) in [5.41, 5.74) is 1.79. The van der Waals surface area contributed by atoms with Crippen molar-refractivity contribution in [3.63, 3.8) is 0 Å². The van der Waals surface area contributed by atoms with E-state index in [0.29, 0.717) is 12.1 Å². The highest BCUT2D eigenvalue weighted by molar-refractivity contribution is 7.12. The molecule has 2 rings (SSSR count). The van der Waals surface area contributed by atoms with Crippen LogP contribution in [-0.2, 0) is 0 Å². The Morgan fingerprint density at radius 2 is 2.21 bits per heavy atom. The van der Waals surface area contributed by atoms with Gasteiger partial charge in [-0.25, -0.2) is 0 Å². The predicted octanol–water partition coefficient (Wildman–Crippen LogP) is 3.89. The lowest BCUT2D eigenvalue weighted by molar-refractivity contribution is 0.0596. The SMILES string of the molecule is CCC1(C)CN(C(C)c2cc(C)sc2C)C(C)CN1. The number of aryl methyl sites for hydroxylation is 2. The molecule has 0 aliphatic carbocycles. The van der Waals surface area contributed by atoms with Crippen LogP contribution in [0.5, 0.6) is 0 Å². The van der Waals surface area contributed by atoms with Crippen LogP contribution < -0.4 is 5.32 Å². The number of nitrogens with one attached hydrogen (secondary N) is 1. The molecule has 0 aromatic carbocycles. The Kier molecular flexibility index (Phi) is 4.38. The van der Waals surface area contributed by atoms with E-state index in [0.717, 1.165) is 13.1 Å². The predicted molar refractivity (Wildman–Crippen MR) is 85.1 cm³/mol. The van der Waals surface area contributed by atoms with E-state index in [1.165, 1.54) is 21.7 Å². The summed E-state index contributed by atoms with van der Waals surface area (Å²) in [6.07, 6.45) is 1.19. The summed E-state index contributed by atoms with van der Waals surface area (Å²) in [5, 5.41) is 3.71. The molecule has 1 saturated heterocycles. The third-order valence-corrected chi connectivity index (χ3v) is 5.71. The second kappa shape index (κ2) is 5.55. The molecule has 0 saturated carbocycles. The summed E-state index contributed by atoms with van der Waals surface area (Å²) >= 11 is 1.93. The molecule has 1 fully saturated rings. The van der Waals surface area contributed by atoms with Crippen LogP contribution in [0.3, 0.4) is 0 Å². The largest absolute Gasteiger partial charge is 0.309 e. The van der Waals surface area contributed by atoms with Gasteiger partial charge < -0.3 is 5.32 Å². The highest BCUT2D eigenvalue weighted by Gasteiger charge is 2.35. The van der Waals surface area contributed by atoms with Crippen molar-refractivity contribution >= 4 is 11.3 Å². The Bertz CT molecular complexity index is 440. The van der Waals surface area contributed by atoms with E-state index in [2.05, 4.69) is 57.8 Å². The number of hydrogen-bond acceptors (Lipinski definition) is 3. The van der Waals surface area contributed by atoms with Crippen LogP contribution in [0.1, 0.15) is 55.5 Å². The van der Waals surface area contributed by atoms with Crippen molar-refractivity contribution in [1.29, 1.82) is 0 Å². The fourth-order valence-corrected chi connectivity index (χ4v) is 4.14. The van der Waals surface area contributed by atoms with Gasteiger partial charge >= 0.3 is 0 Å². The molecule has 0 amide bonds. The van der Waals surface area contributed by atoms with Gasteiger partial charge in [-0.1, -0.05) is 6.92 Å². The molecule has 108 valence electrons. The average molecular weight is 280 g/mol. The van der Waals surface area contributed by atoms with E-state index in [9.17, 15) is 0 Å². The lowest BCUT2D eigenvalue weighted by Crippen LogP contribution is -2.62. The minimum absolute atomic E-state index is 0.264. The van der Waals surface area contributed by atoms with Gasteiger partial charge in [0.15, 0.2) is 0 Å². The molecule has 1 N–H and O–H groups in total. The number of thiophene rings is 1. The van der Waals surface area contributed by atoms with Gasteiger partial charge in [0, 0.05) is 40.5 Å². The maximum Gasteiger partial charge on any atom is 0.0335 e. The molecule has 3 heteroatoms. The Morgan fingerprint density at radius 1 is 1.53 bits per heavy atom. The zero-order valence-corrected chi connectivity index (χ0v) is 14.0. The third kappa shape index (κ3) is 3.04. The molecule has 1 aliphatic rings. The van der Waals surface area contributed by atoms with Crippen molar-refractivity contribution in [3.05, 3.63) is 21.4 Å². The van der Waals surface area contributed by atoms with Gasteiger partial charge in [0.2, 0.25) is 0 Å². The van der Waals surface area contributed by atoms with Crippen LogP contribution >= 0.6 is 11.3 Å². The molecule has 0 bridgehead atoms. The van der Waals surface area contributed by atoms with Crippen molar-refractivity contribution in [2.45, 2.75) is 65.6 Å². The molecular weight excluding hydrogens is 252 g/mol. The van der Waals surface area contributed by atoms with Crippen LogP contribution in [0.4, 0.5) is 0 Å². The summed E-state index contributed by atoms with van der Waals surface area (Å²) in [7, 11) is 0. The van der Waals surface area contributed by atoms with Crippen LogP contribution in [0.2, 0.25) is 0 Å². The molecule has 19 heavy (non-hydrogen) atoms. The quantitative estimate of drug-likeness (QED) is 0.903. The zero-order chi connectivity index (χ0) is 14.2. The Hall–Kier alpha value is -0.380. The van der Waals surface area contributed by atoms with Gasteiger partial charge in [-0.15, -0.1) is 11.3 Å². The first-order valence-corrected chi connectivity index (χ1v) is 8.25. The minimum Gasteiger partial charge on any atom is -0.309 e. The molecule has 0 spiro atoms. The highest BCUT2D eigenvalue weighted by Crippen LogP contribution is 2.33. The van der Waals surface area contributed by atoms with Crippen LogP contribution in [0.15, 0.2) is 6.07 Å². The lowest BCUT2D eigenvalue weighted by Gasteiger charge is -2.47. The highest BCUT2D eigenvalue weighted by atomic mass is 32.1. The van der Waals surface area contributed by atoms with E-state index in [-0.39, 0.29) is 5.54 Å². The summed E-state index contributed by atoms with van der Waals surface area (Å²) in [6.45, 7) is 16.0. The molecular formula is C16H28N2S. The number of hydrogen-bond donors (Lipinski definition) is 1. The molecule has 1 aromatic heterocycles. The van der Waals surface area contributed by atoms with Gasteiger partial charge in [0.05, 0.1) is 0 Å². The maximum atomic E-state index is 3.71. The van der Waals surface area contributed by atoms with Gasteiger partial charge in [-0.2, -0.15) is 0 Å². The molecule has 2 heterocycles. The second-order valence-electron chi connectivity index (χ2n) is 6.36. The number of piperazine rings is 1. The maximum absolute atomic E-state index is 3.71. The van der Waals surface area contributed by atoms with Crippen molar-refractivity contribution in [2.75, 3.05) is 13.1 Å². The van der Waals surface area contributed by atoms with Gasteiger partial charge in [-0.3, -0.25) is 4.90 Å². The summed E-state index contributed by atoms with van der Waals surface area (Å²) in [5.74, 6) is 0. The lowest BCUT2D eigenvalue weighted by atomic mass is 9.91. The normalized spacial score (nSPS) is 30.5. The van der Waals surface area contributed by atoms with Crippen molar-refractivity contribution in [1.82, 2.24) is 10.2 Å². The van der Waals surface area contributed by atoms with E-state index >= 15 is 0 Å². The topological polar surface area (TPSA) is 15.3 Å². The molecule has 2 nitrogen and oxygen atoms in total. The van der Waals surface area contributed by atoms with E-state index in [1.54, 1.807) is 0 Å². The first-order valence-electron chi connectivity index (χ1n) is 7.44. The van der Waals surface area contributed by atoms with Crippen molar-refractivity contribution in [2.24, 2.45) is 0 Å². The zero-order valence-electron chi connectivity index (χ0n) is 13.2. The smallest absolute Gasteiger partial charge is 0.0335 e. The molecule has 1 aromatic rings. The van der Waals surface area contributed by atoms with Crippen LogP contribution in [0.25, 0.3) is 0 Å². The van der Waals surface area contributed by atoms with Crippen LogP contribution in [0, 0.1) is 13.8 Å². The second-order valence-corrected chi connectivity index (χ2v) is 7.82. The fourth-order valence-electron chi connectivity index (χ4n) is 3.13. The average Bonchev–Trinajstić information content (AvgIpc) is 2.71. The Balaban J connectivity index is 2.21. The fraction of sp³-hybridized carbons (Fsp3) is 0.750. The van der Waals surface area contributed by atoms with E-state index < -0.39 is 0 Å². The summed E-state index contributed by atoms with van der Waals surface area (Å²) < 4.78 is 0. The number of rotatable bonds is 3. The van der Waals surface area contributed by atoms with Gasteiger partial charge in [0.25, 0.3) is 0 Å². The molecule has 0 radical (unpaired) electrons. The Labute approximate surface area is 122 Å². The van der Waals surface area contributed by atoms with Crippen molar-refractivity contribution in [3.8, 4) is 0 Å². The van der Waals surface area contributed by atoms with E-state index in [4.69, 9.17) is 0 Å². The standard InChI is InChI=1S/C16H28N2S/c1-7-16(6)10-18(11(2)9-17-16)13(4)15-8-12(3)19-14(15)5/h8,11,13,17H,7,9-10H2,1-6H3. The minimum atomic E-state index is 0.264. The van der Waals surface area contributed by atoms with Crippen molar-refractivity contribution < 1.29 is 0 Å². The summed E-state index contributed by atoms with van der Waals surface area (Å²) in [6, 6.07) is 3.50. The monoisotopic (exact) mass is 280 g/mol.